The molecule has 0 amide bonds. The van der Waals surface area contributed by atoms with Gasteiger partial charge in [-0.05, 0) is 24.7 Å². The molecule has 78 valence electrons. The number of nitrogens with one attached hydrogen (secondary N) is 1. The molecule has 2 N–H and O–H groups in total. The first kappa shape index (κ1) is 11.0. The summed E-state index contributed by atoms with van der Waals surface area (Å²) in [7, 11) is 0. The van der Waals surface area contributed by atoms with Gasteiger partial charge in [0.2, 0.25) is 0 Å². The number of aliphatic hydroxyl groups is 1. The summed E-state index contributed by atoms with van der Waals surface area (Å²) in [5.74, 6) is 1.31. The number of aliphatic hydroxyl groups excluding tert-OH is 1. The number of hydrogen-bond donors (Lipinski definition) is 2. The van der Waals surface area contributed by atoms with Gasteiger partial charge in [-0.15, -0.1) is 0 Å². The first-order chi connectivity index (χ1) is 6.15. The third-order valence-electron chi connectivity index (χ3n) is 3.29. The monoisotopic (exact) mass is 185 g/mol. The Balaban J connectivity index is 2.36. The molecule has 0 radical (unpaired) electrons. The number of rotatable bonds is 4. The predicted molar refractivity (Wildman–Crippen MR) is 55.7 cm³/mol. The molecular weight excluding hydrogens is 162 g/mol. The summed E-state index contributed by atoms with van der Waals surface area (Å²) in [6.45, 7) is 6.89. The minimum absolute atomic E-state index is 0.265. The summed E-state index contributed by atoms with van der Waals surface area (Å²) in [6, 6.07) is 0.921. The largest absolute Gasteiger partial charge is 0.395 e. The predicted octanol–water partition coefficient (Wildman–Crippen LogP) is 1.78. The summed E-state index contributed by atoms with van der Waals surface area (Å²) in [5.41, 5.74) is 0. The van der Waals surface area contributed by atoms with Crippen LogP contribution >= 0.6 is 0 Å². The van der Waals surface area contributed by atoms with Crippen molar-refractivity contribution in [3.8, 4) is 0 Å². The molecule has 0 aromatic carbocycles. The fraction of sp³-hybridized carbons (Fsp3) is 1.00. The maximum atomic E-state index is 9.18. The van der Waals surface area contributed by atoms with E-state index in [1.54, 1.807) is 0 Å². The van der Waals surface area contributed by atoms with Crippen molar-refractivity contribution in [2.75, 3.05) is 6.61 Å². The van der Waals surface area contributed by atoms with E-state index in [0.717, 1.165) is 5.92 Å². The van der Waals surface area contributed by atoms with E-state index in [1.807, 2.05) is 0 Å². The summed E-state index contributed by atoms with van der Waals surface area (Å²) in [4.78, 5) is 0. The molecule has 3 unspecified atom stereocenters. The van der Waals surface area contributed by atoms with Gasteiger partial charge in [-0.2, -0.15) is 0 Å². The Bertz CT molecular complexity index is 147. The van der Waals surface area contributed by atoms with E-state index in [9.17, 15) is 5.11 Å². The zero-order valence-corrected chi connectivity index (χ0v) is 9.09. The highest BCUT2D eigenvalue weighted by molar-refractivity contribution is 4.84. The molecular formula is C11H23NO. The lowest BCUT2D eigenvalue weighted by atomic mass is 10.0. The molecule has 3 atom stereocenters. The Morgan fingerprint density at radius 1 is 1.38 bits per heavy atom. The Morgan fingerprint density at radius 3 is 2.46 bits per heavy atom. The maximum absolute atomic E-state index is 9.18. The van der Waals surface area contributed by atoms with Crippen LogP contribution in [0.4, 0.5) is 0 Å². The van der Waals surface area contributed by atoms with E-state index in [0.29, 0.717) is 12.0 Å². The van der Waals surface area contributed by atoms with Gasteiger partial charge >= 0.3 is 0 Å². The van der Waals surface area contributed by atoms with Crippen molar-refractivity contribution in [3.63, 3.8) is 0 Å². The molecule has 13 heavy (non-hydrogen) atoms. The van der Waals surface area contributed by atoms with Crippen LogP contribution in [0.5, 0.6) is 0 Å². The Labute approximate surface area is 81.7 Å². The highest BCUT2D eigenvalue weighted by atomic mass is 16.3. The van der Waals surface area contributed by atoms with E-state index < -0.39 is 0 Å². The van der Waals surface area contributed by atoms with Crippen molar-refractivity contribution >= 4 is 0 Å². The molecule has 0 aromatic heterocycles. The van der Waals surface area contributed by atoms with Gasteiger partial charge in [0.15, 0.2) is 0 Å². The molecule has 0 spiro atoms. The average molecular weight is 185 g/mol. The van der Waals surface area contributed by atoms with Crippen LogP contribution < -0.4 is 5.32 Å². The molecule has 1 rings (SSSR count). The Kier molecular flexibility index (Phi) is 4.20. The fourth-order valence-corrected chi connectivity index (χ4v) is 2.12. The van der Waals surface area contributed by atoms with Crippen molar-refractivity contribution in [2.45, 2.75) is 52.1 Å². The lowest BCUT2D eigenvalue weighted by molar-refractivity contribution is 0.191. The van der Waals surface area contributed by atoms with Gasteiger partial charge in [0, 0.05) is 12.1 Å². The van der Waals surface area contributed by atoms with Crippen LogP contribution in [0.25, 0.3) is 0 Å². The lowest BCUT2D eigenvalue weighted by Crippen LogP contribution is -2.44. The second-order valence-corrected chi connectivity index (χ2v) is 4.71. The van der Waals surface area contributed by atoms with Crippen LogP contribution in [0.2, 0.25) is 0 Å². The van der Waals surface area contributed by atoms with Gasteiger partial charge in [0.25, 0.3) is 0 Å². The first-order valence-corrected chi connectivity index (χ1v) is 5.52. The van der Waals surface area contributed by atoms with Crippen molar-refractivity contribution in [1.82, 2.24) is 5.32 Å². The quantitative estimate of drug-likeness (QED) is 0.700. The van der Waals surface area contributed by atoms with Gasteiger partial charge in [0.1, 0.15) is 0 Å². The van der Waals surface area contributed by atoms with Crippen molar-refractivity contribution in [3.05, 3.63) is 0 Å². The Hall–Kier alpha value is -0.0800. The van der Waals surface area contributed by atoms with Crippen LogP contribution in [0.3, 0.4) is 0 Å². The van der Waals surface area contributed by atoms with Gasteiger partial charge in [-0.1, -0.05) is 27.2 Å². The number of hydrogen-bond acceptors (Lipinski definition) is 2. The Morgan fingerprint density at radius 2 is 2.08 bits per heavy atom. The minimum atomic E-state index is 0.265. The van der Waals surface area contributed by atoms with E-state index in [1.165, 1.54) is 19.3 Å². The summed E-state index contributed by atoms with van der Waals surface area (Å²) in [5, 5.41) is 12.7. The maximum Gasteiger partial charge on any atom is 0.0587 e. The normalized spacial score (nSPS) is 31.2. The van der Waals surface area contributed by atoms with E-state index in [-0.39, 0.29) is 12.6 Å². The molecule has 0 bridgehead atoms. The standard InChI is InChI=1S/C11H23NO/c1-8(2)11(7-13)12-10-6-4-5-9(10)3/h8-13H,4-7H2,1-3H3. The summed E-state index contributed by atoms with van der Waals surface area (Å²) < 4.78 is 0. The van der Waals surface area contributed by atoms with Gasteiger partial charge in [-0.25, -0.2) is 0 Å². The summed E-state index contributed by atoms with van der Waals surface area (Å²) in [6.07, 6.45) is 3.97. The van der Waals surface area contributed by atoms with Gasteiger partial charge < -0.3 is 10.4 Å². The zero-order chi connectivity index (χ0) is 9.84. The molecule has 2 heteroatoms. The van der Waals surface area contributed by atoms with E-state index in [2.05, 4.69) is 26.1 Å². The highest BCUT2D eigenvalue weighted by Crippen LogP contribution is 2.25. The summed E-state index contributed by atoms with van der Waals surface area (Å²) >= 11 is 0. The zero-order valence-electron chi connectivity index (χ0n) is 9.09. The van der Waals surface area contributed by atoms with Crippen LogP contribution in [0.15, 0.2) is 0 Å². The minimum Gasteiger partial charge on any atom is -0.395 e. The van der Waals surface area contributed by atoms with Gasteiger partial charge in [0.05, 0.1) is 6.61 Å². The molecule has 1 aliphatic rings. The first-order valence-electron chi connectivity index (χ1n) is 5.52. The van der Waals surface area contributed by atoms with E-state index in [4.69, 9.17) is 0 Å². The van der Waals surface area contributed by atoms with Crippen molar-refractivity contribution < 1.29 is 5.11 Å². The smallest absolute Gasteiger partial charge is 0.0587 e. The van der Waals surface area contributed by atoms with Crippen LogP contribution in [-0.2, 0) is 0 Å². The molecule has 0 saturated heterocycles. The third kappa shape index (κ3) is 2.96. The molecule has 1 fully saturated rings. The lowest BCUT2D eigenvalue weighted by Gasteiger charge is -2.26. The molecule has 2 nitrogen and oxygen atoms in total. The van der Waals surface area contributed by atoms with Crippen molar-refractivity contribution in [1.29, 1.82) is 0 Å². The SMILES string of the molecule is CC(C)C(CO)NC1CCCC1C. The molecule has 1 aliphatic carbocycles. The van der Waals surface area contributed by atoms with Crippen LogP contribution in [-0.4, -0.2) is 23.8 Å². The highest BCUT2D eigenvalue weighted by Gasteiger charge is 2.26. The second-order valence-electron chi connectivity index (χ2n) is 4.71. The fourth-order valence-electron chi connectivity index (χ4n) is 2.12. The average Bonchev–Trinajstić information content (AvgIpc) is 2.46. The topological polar surface area (TPSA) is 32.3 Å². The van der Waals surface area contributed by atoms with Crippen LogP contribution in [0, 0.1) is 11.8 Å². The molecule has 0 aliphatic heterocycles. The second kappa shape index (κ2) is 4.97. The van der Waals surface area contributed by atoms with E-state index >= 15 is 0 Å². The molecule has 0 heterocycles. The molecule has 1 saturated carbocycles. The van der Waals surface area contributed by atoms with Gasteiger partial charge in [-0.3, -0.25) is 0 Å². The van der Waals surface area contributed by atoms with Crippen molar-refractivity contribution in [2.24, 2.45) is 11.8 Å². The third-order valence-corrected chi connectivity index (χ3v) is 3.29. The van der Waals surface area contributed by atoms with Crippen LogP contribution in [0.1, 0.15) is 40.0 Å². The molecule has 0 aromatic rings.